The molecule has 0 aliphatic rings. The zero-order valence-electron chi connectivity index (χ0n) is 13.4. The first kappa shape index (κ1) is 17.8. The Kier molecular flexibility index (Phi) is 6.87. The summed E-state index contributed by atoms with van der Waals surface area (Å²) in [7, 11) is 0. The van der Waals surface area contributed by atoms with Crippen LogP contribution >= 0.6 is 23.2 Å². The molecule has 0 aliphatic carbocycles. The molecule has 0 heterocycles. The highest BCUT2D eigenvalue weighted by Gasteiger charge is 2.03. The van der Waals surface area contributed by atoms with E-state index in [1.165, 1.54) is 0 Å². The maximum absolute atomic E-state index is 6.13. The van der Waals surface area contributed by atoms with E-state index in [9.17, 15) is 0 Å². The van der Waals surface area contributed by atoms with Crippen LogP contribution in [0.2, 0.25) is 10.0 Å². The lowest BCUT2D eigenvalue weighted by atomic mass is 10.2. The summed E-state index contributed by atoms with van der Waals surface area (Å²) in [5.74, 6) is 1.42. The number of rotatable bonds is 8. The summed E-state index contributed by atoms with van der Waals surface area (Å²) in [6.45, 7) is 6.52. The standard InChI is InChI=1S/C18H22Cl2N2O/c1-13(2)12-23-15-8-6-14(7-9-15)21-10-11-22-17-5-3-4-16(19)18(17)20/h3-9,13,21-22H,10-12H2,1-2H3. The van der Waals surface area contributed by atoms with E-state index in [0.717, 1.165) is 36.8 Å². The van der Waals surface area contributed by atoms with Gasteiger partial charge in [0.15, 0.2) is 0 Å². The fourth-order valence-electron chi connectivity index (χ4n) is 1.98. The van der Waals surface area contributed by atoms with E-state index in [-0.39, 0.29) is 0 Å². The Hall–Kier alpha value is -1.58. The van der Waals surface area contributed by atoms with E-state index >= 15 is 0 Å². The molecule has 0 amide bonds. The fraction of sp³-hybridized carbons (Fsp3) is 0.333. The lowest BCUT2D eigenvalue weighted by Crippen LogP contribution is -2.13. The number of hydrogen-bond donors (Lipinski definition) is 2. The van der Waals surface area contributed by atoms with Crippen molar-refractivity contribution in [2.75, 3.05) is 30.3 Å². The first-order valence-electron chi connectivity index (χ1n) is 7.71. The lowest BCUT2D eigenvalue weighted by molar-refractivity contribution is 0.271. The van der Waals surface area contributed by atoms with Gasteiger partial charge in [-0.15, -0.1) is 0 Å². The minimum Gasteiger partial charge on any atom is -0.493 e. The highest BCUT2D eigenvalue weighted by molar-refractivity contribution is 6.43. The van der Waals surface area contributed by atoms with Gasteiger partial charge in [0, 0.05) is 18.8 Å². The molecule has 2 rings (SSSR count). The molecule has 0 saturated heterocycles. The number of benzene rings is 2. The van der Waals surface area contributed by atoms with Gasteiger partial charge in [-0.05, 0) is 42.3 Å². The number of halogens is 2. The van der Waals surface area contributed by atoms with Crippen LogP contribution in [0.15, 0.2) is 42.5 Å². The molecule has 0 saturated carbocycles. The molecule has 2 aromatic rings. The molecule has 0 aromatic heterocycles. The topological polar surface area (TPSA) is 33.3 Å². The van der Waals surface area contributed by atoms with Gasteiger partial charge in [-0.3, -0.25) is 0 Å². The van der Waals surface area contributed by atoms with Crippen molar-refractivity contribution >= 4 is 34.6 Å². The quantitative estimate of drug-likeness (QED) is 0.610. The minimum absolute atomic E-state index is 0.525. The first-order valence-corrected chi connectivity index (χ1v) is 8.46. The first-order chi connectivity index (χ1) is 11.1. The summed E-state index contributed by atoms with van der Waals surface area (Å²) >= 11 is 12.1. The molecule has 0 unspecified atom stereocenters. The van der Waals surface area contributed by atoms with Crippen LogP contribution < -0.4 is 15.4 Å². The van der Waals surface area contributed by atoms with E-state index in [2.05, 4.69) is 24.5 Å². The second kappa shape index (κ2) is 8.90. The third-order valence-electron chi connectivity index (χ3n) is 3.16. The third-order valence-corrected chi connectivity index (χ3v) is 3.98. The summed E-state index contributed by atoms with van der Waals surface area (Å²) in [5.41, 5.74) is 1.90. The van der Waals surface area contributed by atoms with Crippen LogP contribution in [0, 0.1) is 5.92 Å². The van der Waals surface area contributed by atoms with Gasteiger partial charge in [0.25, 0.3) is 0 Å². The number of anilines is 2. The highest BCUT2D eigenvalue weighted by atomic mass is 35.5. The number of hydrogen-bond acceptors (Lipinski definition) is 3. The van der Waals surface area contributed by atoms with Crippen LogP contribution in [0.3, 0.4) is 0 Å². The molecule has 0 radical (unpaired) electrons. The zero-order chi connectivity index (χ0) is 16.7. The third kappa shape index (κ3) is 5.85. The molecule has 3 nitrogen and oxygen atoms in total. The van der Waals surface area contributed by atoms with Gasteiger partial charge < -0.3 is 15.4 Å². The van der Waals surface area contributed by atoms with Gasteiger partial charge >= 0.3 is 0 Å². The monoisotopic (exact) mass is 352 g/mol. The summed E-state index contributed by atoms with van der Waals surface area (Å²) in [6.07, 6.45) is 0. The molecule has 0 aliphatic heterocycles. The fourth-order valence-corrected chi connectivity index (χ4v) is 2.34. The van der Waals surface area contributed by atoms with Gasteiger partial charge in [-0.25, -0.2) is 0 Å². The summed E-state index contributed by atoms with van der Waals surface area (Å²) in [6, 6.07) is 13.5. The Morgan fingerprint density at radius 1 is 0.957 bits per heavy atom. The van der Waals surface area contributed by atoms with E-state index in [1.54, 1.807) is 6.07 Å². The Morgan fingerprint density at radius 2 is 1.65 bits per heavy atom. The van der Waals surface area contributed by atoms with E-state index in [4.69, 9.17) is 27.9 Å². The summed E-state index contributed by atoms with van der Waals surface area (Å²) < 4.78 is 5.66. The van der Waals surface area contributed by atoms with Crippen molar-refractivity contribution in [3.8, 4) is 5.75 Å². The molecule has 5 heteroatoms. The Morgan fingerprint density at radius 3 is 2.35 bits per heavy atom. The molecule has 2 N–H and O–H groups in total. The maximum atomic E-state index is 6.13. The van der Waals surface area contributed by atoms with Crippen molar-refractivity contribution in [1.29, 1.82) is 0 Å². The van der Waals surface area contributed by atoms with E-state index in [0.29, 0.717) is 16.0 Å². The second-order valence-corrected chi connectivity index (χ2v) is 6.47. The Balaban J connectivity index is 1.75. The molecule has 0 fully saturated rings. The van der Waals surface area contributed by atoms with Gasteiger partial charge in [0.05, 0.1) is 22.3 Å². The molecule has 0 bridgehead atoms. The van der Waals surface area contributed by atoms with Crippen molar-refractivity contribution in [2.45, 2.75) is 13.8 Å². The van der Waals surface area contributed by atoms with Crippen molar-refractivity contribution < 1.29 is 4.74 Å². The van der Waals surface area contributed by atoms with Gasteiger partial charge in [-0.1, -0.05) is 43.1 Å². The van der Waals surface area contributed by atoms with Crippen LogP contribution in [0.25, 0.3) is 0 Å². The predicted molar refractivity (Wildman–Crippen MR) is 100 cm³/mol. The molecule has 0 atom stereocenters. The normalized spacial score (nSPS) is 10.7. The maximum Gasteiger partial charge on any atom is 0.119 e. The molecular formula is C18H22Cl2N2O. The van der Waals surface area contributed by atoms with E-state index in [1.807, 2.05) is 36.4 Å². The zero-order valence-corrected chi connectivity index (χ0v) is 14.9. The SMILES string of the molecule is CC(C)COc1ccc(NCCNc2cccc(Cl)c2Cl)cc1. The van der Waals surface area contributed by atoms with Crippen molar-refractivity contribution in [1.82, 2.24) is 0 Å². The second-order valence-electron chi connectivity index (χ2n) is 5.68. The molecule has 2 aromatic carbocycles. The molecule has 23 heavy (non-hydrogen) atoms. The highest BCUT2D eigenvalue weighted by Crippen LogP contribution is 2.29. The van der Waals surface area contributed by atoms with Crippen molar-refractivity contribution in [3.05, 3.63) is 52.5 Å². The molecule has 124 valence electrons. The van der Waals surface area contributed by atoms with Crippen LogP contribution in [-0.2, 0) is 0 Å². The van der Waals surface area contributed by atoms with Crippen LogP contribution in [0.1, 0.15) is 13.8 Å². The summed E-state index contributed by atoms with van der Waals surface area (Å²) in [4.78, 5) is 0. The lowest BCUT2D eigenvalue weighted by Gasteiger charge is -2.12. The van der Waals surface area contributed by atoms with E-state index < -0.39 is 0 Å². The minimum atomic E-state index is 0.525. The van der Waals surface area contributed by atoms with Crippen LogP contribution in [0.5, 0.6) is 5.75 Å². The predicted octanol–water partition coefficient (Wildman–Crippen LogP) is 5.55. The smallest absolute Gasteiger partial charge is 0.119 e. The van der Waals surface area contributed by atoms with Gasteiger partial charge in [0.2, 0.25) is 0 Å². The Bertz CT molecular complexity index is 615. The summed E-state index contributed by atoms with van der Waals surface area (Å²) in [5, 5.41) is 7.72. The van der Waals surface area contributed by atoms with Crippen molar-refractivity contribution in [2.24, 2.45) is 5.92 Å². The number of nitrogens with one attached hydrogen (secondary N) is 2. The molecule has 0 spiro atoms. The average Bonchev–Trinajstić information content (AvgIpc) is 2.54. The largest absolute Gasteiger partial charge is 0.493 e. The van der Waals surface area contributed by atoms with Crippen molar-refractivity contribution in [3.63, 3.8) is 0 Å². The van der Waals surface area contributed by atoms with Gasteiger partial charge in [-0.2, -0.15) is 0 Å². The van der Waals surface area contributed by atoms with Crippen LogP contribution in [-0.4, -0.2) is 19.7 Å². The van der Waals surface area contributed by atoms with Gasteiger partial charge in [0.1, 0.15) is 5.75 Å². The molecular weight excluding hydrogens is 331 g/mol. The van der Waals surface area contributed by atoms with Crippen LogP contribution in [0.4, 0.5) is 11.4 Å². The Labute approximate surface area is 147 Å². The number of ether oxygens (including phenoxy) is 1. The average molecular weight is 353 g/mol.